The molecule has 10 nitrogen and oxygen atoms in total. The summed E-state index contributed by atoms with van der Waals surface area (Å²) in [6.45, 7) is 5.21. The number of carbonyl (C=O) groups is 2. The molecule has 3 unspecified atom stereocenters. The van der Waals surface area contributed by atoms with Crippen molar-refractivity contribution in [2.45, 2.75) is 57.7 Å². The van der Waals surface area contributed by atoms with Crippen LogP contribution < -0.4 is 15.8 Å². The van der Waals surface area contributed by atoms with Crippen LogP contribution >= 0.6 is 0 Å². The van der Waals surface area contributed by atoms with Gasteiger partial charge in [-0.2, -0.15) is 0 Å². The number of alkyl carbamates (subject to hydrolysis) is 1. The number of aliphatic carboxylic acids is 1. The first-order chi connectivity index (χ1) is 19.1. The zero-order valence-electron chi connectivity index (χ0n) is 22.7. The van der Waals surface area contributed by atoms with Gasteiger partial charge in [0.1, 0.15) is 40.9 Å². The summed E-state index contributed by atoms with van der Waals surface area (Å²) in [4.78, 5) is 33.2. The van der Waals surface area contributed by atoms with E-state index in [1.54, 1.807) is 20.8 Å². The van der Waals surface area contributed by atoms with Crippen LogP contribution in [0.2, 0.25) is 0 Å². The van der Waals surface area contributed by atoms with Crippen LogP contribution in [-0.4, -0.2) is 43.3 Å². The molecule has 40 heavy (non-hydrogen) atoms. The number of fused-ring (bicyclic) bond motifs is 1. The number of rotatable bonds is 7. The number of nitrogens with one attached hydrogen (secondary N) is 1. The van der Waals surface area contributed by atoms with E-state index >= 15 is 0 Å². The van der Waals surface area contributed by atoms with E-state index in [0.29, 0.717) is 30.1 Å². The fourth-order valence-electron chi connectivity index (χ4n) is 5.30. The minimum Gasteiger partial charge on any atom is -0.480 e. The average molecular weight is 544 g/mol. The van der Waals surface area contributed by atoms with E-state index in [2.05, 4.69) is 19.9 Å². The lowest BCUT2D eigenvalue weighted by molar-refractivity contribution is -0.141. The molecule has 2 aromatic carbocycles. The lowest BCUT2D eigenvalue weighted by Gasteiger charge is -2.25. The number of nitrogens with two attached hydrogens (primary N) is 1. The lowest BCUT2D eigenvalue weighted by Crippen LogP contribution is -2.47. The van der Waals surface area contributed by atoms with Crippen molar-refractivity contribution in [1.29, 1.82) is 0 Å². The lowest BCUT2D eigenvalue weighted by atomic mass is 9.98. The van der Waals surface area contributed by atoms with Crippen LogP contribution in [0.15, 0.2) is 67.1 Å². The minimum absolute atomic E-state index is 0.0291. The third-order valence-electron chi connectivity index (χ3n) is 7.03. The van der Waals surface area contributed by atoms with Crippen molar-refractivity contribution >= 4 is 28.9 Å². The molecule has 2 heterocycles. The summed E-state index contributed by atoms with van der Waals surface area (Å²) in [6, 6.07) is 16.2. The first-order valence-corrected chi connectivity index (χ1v) is 13.3. The number of para-hydroxylation sites is 1. The molecule has 1 saturated carbocycles. The van der Waals surface area contributed by atoms with Crippen LogP contribution in [0.1, 0.15) is 46.1 Å². The van der Waals surface area contributed by atoms with E-state index < -0.39 is 23.7 Å². The van der Waals surface area contributed by atoms with Gasteiger partial charge in [-0.15, -0.1) is 0 Å². The highest BCUT2D eigenvalue weighted by Crippen LogP contribution is 2.42. The number of amides is 1. The summed E-state index contributed by atoms with van der Waals surface area (Å²) >= 11 is 0. The maximum atomic E-state index is 12.3. The summed E-state index contributed by atoms with van der Waals surface area (Å²) in [6.07, 6.45) is 4.60. The van der Waals surface area contributed by atoms with E-state index in [-0.39, 0.29) is 12.0 Å². The molecule has 2 aromatic heterocycles. The maximum Gasteiger partial charge on any atom is 0.408 e. The highest BCUT2D eigenvalue weighted by Gasteiger charge is 2.38. The van der Waals surface area contributed by atoms with Crippen molar-refractivity contribution in [1.82, 2.24) is 19.9 Å². The molecule has 4 N–H and O–H groups in total. The zero-order valence-corrected chi connectivity index (χ0v) is 22.7. The van der Waals surface area contributed by atoms with Crippen LogP contribution in [-0.2, 0) is 9.53 Å². The molecule has 4 aromatic rings. The Bertz CT molecular complexity index is 1510. The van der Waals surface area contributed by atoms with Crippen LogP contribution in [0.4, 0.5) is 10.6 Å². The second-order valence-electron chi connectivity index (χ2n) is 11.0. The predicted molar refractivity (Wildman–Crippen MR) is 151 cm³/mol. The van der Waals surface area contributed by atoms with Crippen molar-refractivity contribution in [2.24, 2.45) is 5.92 Å². The van der Waals surface area contributed by atoms with Gasteiger partial charge in [0.15, 0.2) is 0 Å². The Morgan fingerprint density at radius 2 is 1.75 bits per heavy atom. The summed E-state index contributed by atoms with van der Waals surface area (Å²) in [5.74, 6) is 0.469. The number of ether oxygens (including phenoxy) is 2. The number of carboxylic acid groups (broad SMARTS) is 1. The molecule has 1 aliphatic rings. The third kappa shape index (κ3) is 5.85. The fraction of sp³-hybridized carbons (Fsp3) is 0.333. The predicted octanol–water partition coefficient (Wildman–Crippen LogP) is 5.79. The Labute approximate surface area is 232 Å². The number of carbonyl (C=O) groups excluding carboxylic acids is 1. The molecular weight excluding hydrogens is 510 g/mol. The minimum atomic E-state index is -1.08. The summed E-state index contributed by atoms with van der Waals surface area (Å²) < 4.78 is 13.3. The second kappa shape index (κ2) is 10.9. The number of benzene rings is 2. The third-order valence-corrected chi connectivity index (χ3v) is 7.03. The van der Waals surface area contributed by atoms with Crippen LogP contribution in [0.3, 0.4) is 0 Å². The van der Waals surface area contributed by atoms with Gasteiger partial charge in [-0.05, 0) is 75.8 Å². The molecule has 10 heteroatoms. The molecule has 0 saturated heterocycles. The quantitative estimate of drug-likeness (QED) is 0.266. The highest BCUT2D eigenvalue weighted by molar-refractivity contribution is 6.00. The zero-order chi connectivity index (χ0) is 28.4. The molecule has 1 amide bonds. The molecule has 1 fully saturated rings. The Balaban J connectivity index is 1.39. The Morgan fingerprint density at radius 1 is 1.05 bits per heavy atom. The van der Waals surface area contributed by atoms with Crippen LogP contribution in [0.5, 0.6) is 11.5 Å². The number of hydrogen-bond donors (Lipinski definition) is 3. The van der Waals surface area contributed by atoms with Crippen molar-refractivity contribution in [2.75, 3.05) is 5.73 Å². The van der Waals surface area contributed by atoms with E-state index in [4.69, 9.17) is 15.2 Å². The number of anilines is 1. The van der Waals surface area contributed by atoms with E-state index in [1.165, 1.54) is 6.33 Å². The van der Waals surface area contributed by atoms with Crippen molar-refractivity contribution in [3.63, 3.8) is 0 Å². The normalized spacial score (nSPS) is 17.9. The summed E-state index contributed by atoms with van der Waals surface area (Å²) in [5, 5.41) is 13.2. The molecule has 1 aliphatic carbocycles. The Morgan fingerprint density at radius 3 is 2.42 bits per heavy atom. The van der Waals surface area contributed by atoms with Gasteiger partial charge in [0.05, 0.1) is 5.39 Å². The van der Waals surface area contributed by atoms with Gasteiger partial charge < -0.3 is 30.2 Å². The standard InChI is InChI=1S/C30H33N5O5/c1-30(2,3)40-29(38)34-25(28(36)37)19-9-12-20(15-19)35-16-23(24-26(31)32-17-33-27(24)35)18-10-13-22(14-11-18)39-21-7-5-4-6-8-21/h4-8,10-11,13-14,16-17,19-20,25H,9,12,15H2,1-3H3,(H,34,38)(H,36,37)(H2,31,32,33). The monoisotopic (exact) mass is 543 g/mol. The largest absolute Gasteiger partial charge is 0.480 e. The van der Waals surface area contributed by atoms with Gasteiger partial charge in [0.2, 0.25) is 0 Å². The van der Waals surface area contributed by atoms with Crippen molar-refractivity contribution in [3.8, 4) is 22.6 Å². The van der Waals surface area contributed by atoms with Crippen molar-refractivity contribution < 1.29 is 24.2 Å². The molecule has 5 rings (SSSR count). The molecular formula is C30H33N5O5. The van der Waals surface area contributed by atoms with Gasteiger partial charge >= 0.3 is 12.1 Å². The maximum absolute atomic E-state index is 12.3. The first kappa shape index (κ1) is 27.0. The van der Waals surface area contributed by atoms with Crippen molar-refractivity contribution in [3.05, 3.63) is 67.1 Å². The molecule has 0 radical (unpaired) electrons. The van der Waals surface area contributed by atoms with Gasteiger partial charge in [0.25, 0.3) is 0 Å². The van der Waals surface area contributed by atoms with Gasteiger partial charge in [-0.3, -0.25) is 0 Å². The van der Waals surface area contributed by atoms with Gasteiger partial charge in [-0.25, -0.2) is 19.6 Å². The summed E-state index contributed by atoms with van der Waals surface area (Å²) in [5.41, 5.74) is 8.10. The number of nitrogen functional groups attached to an aromatic ring is 1. The second-order valence-corrected chi connectivity index (χ2v) is 11.0. The van der Waals surface area contributed by atoms with E-state index in [1.807, 2.05) is 60.8 Å². The van der Waals surface area contributed by atoms with Gasteiger partial charge in [-0.1, -0.05) is 30.3 Å². The van der Waals surface area contributed by atoms with E-state index in [9.17, 15) is 14.7 Å². The summed E-state index contributed by atoms with van der Waals surface area (Å²) in [7, 11) is 0. The number of hydrogen-bond acceptors (Lipinski definition) is 7. The Kier molecular flexibility index (Phi) is 7.34. The molecule has 0 spiro atoms. The number of carboxylic acids is 1. The fourth-order valence-corrected chi connectivity index (χ4v) is 5.30. The average Bonchev–Trinajstić information content (AvgIpc) is 3.53. The molecule has 208 valence electrons. The topological polar surface area (TPSA) is 142 Å². The smallest absolute Gasteiger partial charge is 0.408 e. The molecule has 0 bridgehead atoms. The van der Waals surface area contributed by atoms with Crippen LogP contribution in [0.25, 0.3) is 22.2 Å². The number of nitrogens with zero attached hydrogens (tertiary/aromatic N) is 3. The first-order valence-electron chi connectivity index (χ1n) is 13.3. The van der Waals surface area contributed by atoms with Crippen LogP contribution in [0, 0.1) is 5.92 Å². The number of aromatic nitrogens is 3. The molecule has 3 atom stereocenters. The SMILES string of the molecule is CC(C)(C)OC(=O)NC(C(=O)O)C1CCC(n2cc(-c3ccc(Oc4ccccc4)cc3)c3c(N)ncnc32)C1. The highest BCUT2D eigenvalue weighted by atomic mass is 16.6. The van der Waals surface area contributed by atoms with E-state index in [0.717, 1.165) is 28.7 Å². The van der Waals surface area contributed by atoms with Gasteiger partial charge in [0, 0.05) is 17.8 Å². The Hall–Kier alpha value is -4.60. The molecule has 0 aliphatic heterocycles.